The predicted octanol–water partition coefficient (Wildman–Crippen LogP) is 3.62. The molecule has 0 saturated heterocycles. The topological polar surface area (TPSA) is 77.2 Å². The Morgan fingerprint density at radius 3 is 2.68 bits per heavy atom. The van der Waals surface area contributed by atoms with E-state index in [0.29, 0.717) is 23.9 Å². The smallest absolute Gasteiger partial charge is 0.227 e. The lowest BCUT2D eigenvalue weighted by Gasteiger charge is -2.04. The molecule has 3 aromatic rings. The van der Waals surface area contributed by atoms with E-state index in [1.165, 1.54) is 0 Å². The van der Waals surface area contributed by atoms with Crippen molar-refractivity contribution in [3.05, 3.63) is 60.0 Å². The Hall–Kier alpha value is -3.15. The number of carbonyl (C=O) groups excluding carboxylic acids is 1. The van der Waals surface area contributed by atoms with Crippen LogP contribution in [0, 0.1) is 6.92 Å². The highest BCUT2D eigenvalue weighted by Gasteiger charge is 2.13. The van der Waals surface area contributed by atoms with Crippen molar-refractivity contribution in [1.29, 1.82) is 0 Å². The first-order valence-electron chi connectivity index (χ1n) is 7.98. The van der Waals surface area contributed by atoms with Crippen molar-refractivity contribution in [3.8, 4) is 17.1 Å². The first-order chi connectivity index (χ1) is 12.2. The molecular formula is C19H19N3O3. The Balaban J connectivity index is 1.60. The summed E-state index contributed by atoms with van der Waals surface area (Å²) < 4.78 is 10.5. The fraction of sp³-hybridized carbons (Fsp3) is 0.211. The minimum atomic E-state index is -0.0964. The zero-order valence-corrected chi connectivity index (χ0v) is 14.2. The van der Waals surface area contributed by atoms with Crippen molar-refractivity contribution in [1.82, 2.24) is 10.1 Å². The summed E-state index contributed by atoms with van der Waals surface area (Å²) in [6.07, 6.45) is 0.640. The second-order valence-electron chi connectivity index (χ2n) is 5.63. The molecule has 0 aliphatic rings. The highest BCUT2D eigenvalue weighted by atomic mass is 16.5. The number of methoxy groups -OCH3 is 1. The van der Waals surface area contributed by atoms with Crippen LogP contribution in [0.15, 0.2) is 53.1 Å². The summed E-state index contributed by atoms with van der Waals surface area (Å²) in [7, 11) is 1.59. The summed E-state index contributed by atoms with van der Waals surface area (Å²) in [5.41, 5.74) is 2.67. The monoisotopic (exact) mass is 337 g/mol. The molecule has 2 aromatic carbocycles. The van der Waals surface area contributed by atoms with Crippen molar-refractivity contribution >= 4 is 11.6 Å². The maximum atomic E-state index is 12.0. The summed E-state index contributed by atoms with van der Waals surface area (Å²) in [6.45, 7) is 2.00. The summed E-state index contributed by atoms with van der Waals surface area (Å²) in [5.74, 6) is 1.44. The lowest BCUT2D eigenvalue weighted by molar-refractivity contribution is -0.116. The normalized spacial score (nSPS) is 10.5. The van der Waals surface area contributed by atoms with Crippen LogP contribution in [0.3, 0.4) is 0 Å². The highest BCUT2D eigenvalue weighted by molar-refractivity contribution is 5.90. The molecule has 0 spiro atoms. The zero-order valence-electron chi connectivity index (χ0n) is 14.2. The van der Waals surface area contributed by atoms with Gasteiger partial charge in [-0.2, -0.15) is 4.98 Å². The minimum Gasteiger partial charge on any atom is -0.496 e. The van der Waals surface area contributed by atoms with E-state index in [2.05, 4.69) is 15.5 Å². The van der Waals surface area contributed by atoms with Crippen molar-refractivity contribution in [2.45, 2.75) is 19.8 Å². The van der Waals surface area contributed by atoms with Gasteiger partial charge in [-0.1, -0.05) is 35.0 Å². The molecule has 1 heterocycles. The Kier molecular flexibility index (Phi) is 5.09. The number of para-hydroxylation sites is 1. The summed E-state index contributed by atoms with van der Waals surface area (Å²) >= 11 is 0. The van der Waals surface area contributed by atoms with Crippen LogP contribution in [-0.2, 0) is 11.2 Å². The SMILES string of the molecule is COc1ccccc1-c1noc(CCC(=O)Nc2ccc(C)cc2)n1. The number of hydrogen-bond donors (Lipinski definition) is 1. The Labute approximate surface area is 145 Å². The zero-order chi connectivity index (χ0) is 17.6. The second-order valence-corrected chi connectivity index (χ2v) is 5.63. The minimum absolute atomic E-state index is 0.0964. The quantitative estimate of drug-likeness (QED) is 0.743. The van der Waals surface area contributed by atoms with Crippen LogP contribution in [0.1, 0.15) is 17.9 Å². The molecule has 0 aliphatic carbocycles. The molecule has 1 N–H and O–H groups in total. The largest absolute Gasteiger partial charge is 0.496 e. The van der Waals surface area contributed by atoms with Gasteiger partial charge in [0.2, 0.25) is 17.6 Å². The summed E-state index contributed by atoms with van der Waals surface area (Å²) in [6, 6.07) is 15.1. The number of hydrogen-bond acceptors (Lipinski definition) is 5. The van der Waals surface area contributed by atoms with E-state index < -0.39 is 0 Å². The number of aryl methyl sites for hydroxylation is 2. The summed E-state index contributed by atoms with van der Waals surface area (Å²) in [4.78, 5) is 16.4. The molecule has 0 radical (unpaired) electrons. The average molecular weight is 337 g/mol. The molecule has 128 valence electrons. The van der Waals surface area contributed by atoms with Gasteiger partial charge in [-0.3, -0.25) is 4.79 Å². The third-order valence-electron chi connectivity index (χ3n) is 3.72. The van der Waals surface area contributed by atoms with Gasteiger partial charge >= 0.3 is 0 Å². The van der Waals surface area contributed by atoms with Gasteiger partial charge in [0.05, 0.1) is 12.7 Å². The van der Waals surface area contributed by atoms with Crippen molar-refractivity contribution in [3.63, 3.8) is 0 Å². The number of carbonyl (C=O) groups is 1. The lowest BCUT2D eigenvalue weighted by atomic mass is 10.2. The summed E-state index contributed by atoms with van der Waals surface area (Å²) in [5, 5.41) is 6.82. The average Bonchev–Trinajstić information content (AvgIpc) is 3.11. The molecular weight excluding hydrogens is 318 g/mol. The second kappa shape index (κ2) is 7.61. The van der Waals surface area contributed by atoms with Gasteiger partial charge in [-0.05, 0) is 31.2 Å². The molecule has 3 rings (SSSR count). The van der Waals surface area contributed by atoms with E-state index in [1.54, 1.807) is 7.11 Å². The van der Waals surface area contributed by atoms with Gasteiger partial charge in [0.25, 0.3) is 0 Å². The Morgan fingerprint density at radius 2 is 1.92 bits per heavy atom. The van der Waals surface area contributed by atoms with E-state index in [1.807, 2.05) is 55.5 Å². The van der Waals surface area contributed by atoms with Crippen molar-refractivity contribution in [2.24, 2.45) is 0 Å². The van der Waals surface area contributed by atoms with Crippen molar-refractivity contribution in [2.75, 3.05) is 12.4 Å². The van der Waals surface area contributed by atoms with Crippen LogP contribution in [0.25, 0.3) is 11.4 Å². The number of rotatable bonds is 6. The van der Waals surface area contributed by atoms with Crippen LogP contribution < -0.4 is 10.1 Å². The number of nitrogens with one attached hydrogen (secondary N) is 1. The molecule has 0 saturated carbocycles. The van der Waals surface area contributed by atoms with Gasteiger partial charge in [0, 0.05) is 18.5 Å². The lowest BCUT2D eigenvalue weighted by Crippen LogP contribution is -2.12. The molecule has 25 heavy (non-hydrogen) atoms. The maximum Gasteiger partial charge on any atom is 0.227 e. The first kappa shape index (κ1) is 16.7. The van der Waals surface area contributed by atoms with Crippen LogP contribution in [-0.4, -0.2) is 23.2 Å². The third kappa shape index (κ3) is 4.23. The number of aromatic nitrogens is 2. The first-order valence-corrected chi connectivity index (χ1v) is 7.98. The van der Waals surface area contributed by atoms with E-state index >= 15 is 0 Å². The molecule has 0 unspecified atom stereocenters. The molecule has 1 aromatic heterocycles. The van der Waals surface area contributed by atoms with Crippen LogP contribution in [0.2, 0.25) is 0 Å². The van der Waals surface area contributed by atoms with Crippen LogP contribution in [0.4, 0.5) is 5.69 Å². The number of nitrogens with zero attached hydrogens (tertiary/aromatic N) is 2. The van der Waals surface area contributed by atoms with Crippen LogP contribution >= 0.6 is 0 Å². The standard InChI is InChI=1S/C19H19N3O3/c1-13-7-9-14(10-8-13)20-17(23)11-12-18-21-19(22-25-18)15-5-3-4-6-16(15)24-2/h3-10H,11-12H2,1-2H3,(H,20,23). The predicted molar refractivity (Wildman–Crippen MR) is 94.4 cm³/mol. The molecule has 6 nitrogen and oxygen atoms in total. The Bertz CT molecular complexity index is 856. The number of anilines is 1. The Morgan fingerprint density at radius 1 is 1.16 bits per heavy atom. The van der Waals surface area contributed by atoms with Gasteiger partial charge in [0.15, 0.2) is 0 Å². The molecule has 0 fully saturated rings. The number of ether oxygens (including phenoxy) is 1. The van der Waals surface area contributed by atoms with Gasteiger partial charge < -0.3 is 14.6 Å². The molecule has 0 aliphatic heterocycles. The fourth-order valence-electron chi connectivity index (χ4n) is 2.38. The van der Waals surface area contributed by atoms with E-state index in [-0.39, 0.29) is 12.3 Å². The fourth-order valence-corrected chi connectivity index (χ4v) is 2.38. The van der Waals surface area contributed by atoms with Gasteiger partial charge in [-0.25, -0.2) is 0 Å². The third-order valence-corrected chi connectivity index (χ3v) is 3.72. The maximum absolute atomic E-state index is 12.0. The van der Waals surface area contributed by atoms with Gasteiger partial charge in [0.1, 0.15) is 5.75 Å². The molecule has 1 amide bonds. The van der Waals surface area contributed by atoms with Crippen LogP contribution in [0.5, 0.6) is 5.75 Å². The van der Waals surface area contributed by atoms with Gasteiger partial charge in [-0.15, -0.1) is 0 Å². The van der Waals surface area contributed by atoms with E-state index in [4.69, 9.17) is 9.26 Å². The number of amides is 1. The number of benzene rings is 2. The molecule has 6 heteroatoms. The van der Waals surface area contributed by atoms with E-state index in [0.717, 1.165) is 16.8 Å². The molecule has 0 bridgehead atoms. The van der Waals surface area contributed by atoms with Crippen molar-refractivity contribution < 1.29 is 14.1 Å². The molecule has 0 atom stereocenters. The van der Waals surface area contributed by atoms with E-state index in [9.17, 15) is 4.79 Å². The highest BCUT2D eigenvalue weighted by Crippen LogP contribution is 2.27.